The summed E-state index contributed by atoms with van der Waals surface area (Å²) in [4.78, 5) is 28.8. The average molecular weight is 482 g/mol. The van der Waals surface area contributed by atoms with Crippen LogP contribution in [0.25, 0.3) is 0 Å². The maximum absolute atomic E-state index is 14.0. The van der Waals surface area contributed by atoms with Crippen LogP contribution < -0.4 is 4.90 Å². The second kappa shape index (κ2) is 6.95. The van der Waals surface area contributed by atoms with Gasteiger partial charge in [0.05, 0.1) is 28.1 Å². The van der Waals surface area contributed by atoms with Crippen molar-refractivity contribution in [2.45, 2.75) is 30.9 Å². The molecule has 1 aliphatic heterocycles. The van der Waals surface area contributed by atoms with Crippen molar-refractivity contribution in [1.82, 2.24) is 0 Å². The van der Waals surface area contributed by atoms with Crippen molar-refractivity contribution in [2.75, 3.05) is 4.90 Å². The third kappa shape index (κ3) is 2.49. The van der Waals surface area contributed by atoms with E-state index in [2.05, 4.69) is 0 Å². The molecule has 3 aromatic carbocycles. The van der Waals surface area contributed by atoms with Crippen LogP contribution in [0, 0.1) is 11.8 Å². The molecule has 0 radical (unpaired) electrons. The molecule has 1 heterocycles. The van der Waals surface area contributed by atoms with Gasteiger partial charge in [-0.15, -0.1) is 0 Å². The Morgan fingerprint density at radius 1 is 0.912 bits per heavy atom. The van der Waals surface area contributed by atoms with Crippen LogP contribution >= 0.6 is 11.6 Å². The van der Waals surface area contributed by atoms with Gasteiger partial charge in [-0.3, -0.25) is 9.59 Å². The van der Waals surface area contributed by atoms with Gasteiger partial charge >= 0.3 is 6.18 Å². The van der Waals surface area contributed by atoms with Gasteiger partial charge in [0.25, 0.3) is 0 Å². The predicted molar refractivity (Wildman–Crippen MR) is 122 cm³/mol. The monoisotopic (exact) mass is 481 g/mol. The zero-order valence-electron chi connectivity index (χ0n) is 18.1. The summed E-state index contributed by atoms with van der Waals surface area (Å²) < 4.78 is 40.4. The number of amides is 2. The Kier molecular flexibility index (Phi) is 4.38. The zero-order valence-corrected chi connectivity index (χ0v) is 18.8. The molecule has 0 aromatic heterocycles. The van der Waals surface area contributed by atoms with Gasteiger partial charge in [0.15, 0.2) is 0 Å². The number of halogens is 4. The van der Waals surface area contributed by atoms with E-state index in [4.69, 9.17) is 11.6 Å². The summed E-state index contributed by atoms with van der Waals surface area (Å²) in [5.41, 5.74) is 2.12. The molecule has 3 aromatic rings. The fourth-order valence-corrected chi connectivity index (χ4v) is 6.83. The number of carbonyl (C=O) groups is 2. The first-order chi connectivity index (χ1) is 16.2. The van der Waals surface area contributed by atoms with Crippen LogP contribution in [0.15, 0.2) is 66.7 Å². The van der Waals surface area contributed by atoms with Crippen LogP contribution in [0.5, 0.6) is 0 Å². The molecule has 0 N–H and O–H groups in total. The Hall–Kier alpha value is -3.12. The van der Waals surface area contributed by atoms with E-state index in [1.807, 2.05) is 55.5 Å². The number of hydrogen-bond donors (Lipinski definition) is 0. The highest BCUT2D eigenvalue weighted by Crippen LogP contribution is 2.65. The molecule has 4 aliphatic rings. The summed E-state index contributed by atoms with van der Waals surface area (Å²) in [6.45, 7) is 1.99. The van der Waals surface area contributed by atoms with Crippen molar-refractivity contribution >= 4 is 29.1 Å². The molecule has 172 valence electrons. The minimum atomic E-state index is -4.63. The summed E-state index contributed by atoms with van der Waals surface area (Å²) in [5, 5.41) is -0.0683. The normalized spacial score (nSPS) is 27.0. The Bertz CT molecular complexity index is 1330. The smallest absolute Gasteiger partial charge is 0.274 e. The number of nitrogens with zero attached hydrogens (tertiary/aromatic N) is 1. The zero-order chi connectivity index (χ0) is 24.0. The van der Waals surface area contributed by atoms with Crippen molar-refractivity contribution in [1.29, 1.82) is 0 Å². The average Bonchev–Trinajstić information content (AvgIpc) is 3.09. The highest BCUT2D eigenvalue weighted by Gasteiger charge is 2.67. The van der Waals surface area contributed by atoms with Crippen LogP contribution in [0.4, 0.5) is 18.9 Å². The van der Waals surface area contributed by atoms with Crippen LogP contribution in [0.3, 0.4) is 0 Å². The summed E-state index contributed by atoms with van der Waals surface area (Å²) in [5.74, 6) is -2.76. The minimum Gasteiger partial charge on any atom is -0.274 e. The van der Waals surface area contributed by atoms with Gasteiger partial charge in [-0.2, -0.15) is 13.2 Å². The highest BCUT2D eigenvalue weighted by molar-refractivity contribution is 6.36. The maximum atomic E-state index is 14.0. The molecule has 7 rings (SSSR count). The molecule has 7 heteroatoms. The van der Waals surface area contributed by atoms with E-state index in [1.165, 1.54) is 0 Å². The lowest BCUT2D eigenvalue weighted by Gasteiger charge is -2.54. The predicted octanol–water partition coefficient (Wildman–Crippen LogP) is 6.32. The first-order valence-electron chi connectivity index (χ1n) is 11.1. The van der Waals surface area contributed by atoms with Gasteiger partial charge < -0.3 is 0 Å². The van der Waals surface area contributed by atoms with Crippen molar-refractivity contribution in [3.63, 3.8) is 0 Å². The van der Waals surface area contributed by atoms with Gasteiger partial charge in [-0.05, 0) is 46.9 Å². The lowest BCUT2D eigenvalue weighted by Crippen LogP contribution is -2.53. The highest BCUT2D eigenvalue weighted by atomic mass is 35.5. The Balaban J connectivity index is 1.60. The Morgan fingerprint density at radius 2 is 1.50 bits per heavy atom. The Morgan fingerprint density at radius 3 is 2.06 bits per heavy atom. The molecule has 3 aliphatic carbocycles. The number of carbonyl (C=O) groups excluding carboxylic acids is 2. The molecule has 3 nitrogen and oxygen atoms in total. The second-order valence-corrected chi connectivity index (χ2v) is 9.56. The third-order valence-corrected chi connectivity index (χ3v) is 8.19. The lowest BCUT2D eigenvalue weighted by molar-refractivity contribution is -0.137. The third-order valence-electron chi connectivity index (χ3n) is 7.87. The number of rotatable bonds is 2. The molecule has 2 bridgehead atoms. The topological polar surface area (TPSA) is 37.4 Å². The van der Waals surface area contributed by atoms with Crippen molar-refractivity contribution in [3.05, 3.63) is 99.6 Å². The van der Waals surface area contributed by atoms with Gasteiger partial charge in [0, 0.05) is 11.3 Å². The van der Waals surface area contributed by atoms with Gasteiger partial charge in [0.1, 0.15) is 0 Å². The first-order valence-corrected chi connectivity index (χ1v) is 11.5. The quantitative estimate of drug-likeness (QED) is 0.402. The molecule has 34 heavy (non-hydrogen) atoms. The molecule has 2 amide bonds. The van der Waals surface area contributed by atoms with Crippen molar-refractivity contribution < 1.29 is 22.8 Å². The van der Waals surface area contributed by atoms with E-state index in [0.29, 0.717) is 6.42 Å². The summed E-state index contributed by atoms with van der Waals surface area (Å²) in [6, 6.07) is 18.5. The van der Waals surface area contributed by atoms with Crippen LogP contribution in [0.1, 0.15) is 47.1 Å². The summed E-state index contributed by atoms with van der Waals surface area (Å²) in [6.07, 6.45) is -4.06. The maximum Gasteiger partial charge on any atom is 0.416 e. The van der Waals surface area contributed by atoms with E-state index < -0.39 is 40.8 Å². The van der Waals surface area contributed by atoms with Gasteiger partial charge in [0.2, 0.25) is 11.8 Å². The molecule has 2 atom stereocenters. The number of anilines is 1. The number of imide groups is 1. The molecular weight excluding hydrogens is 463 g/mol. The molecule has 1 saturated heterocycles. The largest absolute Gasteiger partial charge is 0.416 e. The fraction of sp³-hybridized carbons (Fsp3) is 0.259. The summed E-state index contributed by atoms with van der Waals surface area (Å²) in [7, 11) is 0. The first kappa shape index (κ1) is 21.4. The molecule has 0 saturated carbocycles. The van der Waals surface area contributed by atoms with E-state index in [9.17, 15) is 22.8 Å². The van der Waals surface area contributed by atoms with E-state index in [0.717, 1.165) is 45.4 Å². The SMILES string of the molecule is CCC12c3ccccc3C(c3ccccc31)[C@H]1C(=O)N(c3cc(C(F)(F)F)ccc3Cl)C(=O)[C@@H]12. The van der Waals surface area contributed by atoms with Gasteiger partial charge in [-0.25, -0.2) is 4.90 Å². The van der Waals surface area contributed by atoms with Gasteiger partial charge in [-0.1, -0.05) is 67.1 Å². The standard InChI is InChI=1S/C27H19ClF3NO2/c1-2-26-17-9-5-3-7-15(17)21(16-8-4-6-10-18(16)26)22-23(26)25(34)32(24(22)33)20-13-14(27(29,30)31)11-12-19(20)28/h3-13,21-23H,2H2,1H3/t21?,22-,23-,26?/m1/s1. The van der Waals surface area contributed by atoms with E-state index in [1.54, 1.807) is 0 Å². The van der Waals surface area contributed by atoms with Crippen LogP contribution in [-0.4, -0.2) is 11.8 Å². The number of benzene rings is 3. The van der Waals surface area contributed by atoms with Crippen molar-refractivity contribution in [3.8, 4) is 0 Å². The van der Waals surface area contributed by atoms with E-state index in [-0.39, 0.29) is 16.6 Å². The molecule has 1 fully saturated rings. The fourth-order valence-electron chi connectivity index (χ4n) is 6.63. The molecular formula is C27H19ClF3NO2. The van der Waals surface area contributed by atoms with E-state index >= 15 is 0 Å². The summed E-state index contributed by atoms with van der Waals surface area (Å²) >= 11 is 6.28. The number of hydrogen-bond acceptors (Lipinski definition) is 2. The lowest BCUT2D eigenvalue weighted by atomic mass is 9.46. The number of alkyl halides is 3. The Labute approximate surface area is 199 Å². The van der Waals surface area contributed by atoms with Crippen LogP contribution in [0.2, 0.25) is 5.02 Å². The van der Waals surface area contributed by atoms with Crippen LogP contribution in [-0.2, 0) is 21.2 Å². The molecule has 0 unspecified atom stereocenters. The van der Waals surface area contributed by atoms with Crippen molar-refractivity contribution in [2.24, 2.45) is 11.8 Å². The second-order valence-electron chi connectivity index (χ2n) is 9.16. The minimum absolute atomic E-state index is 0.0683. The molecule has 0 spiro atoms.